The minimum absolute atomic E-state index is 0. The standard InChI is InChI=1S/C20H29N5S.HI/c1-15-6-5-7-19(16(15)2)24-10-12-25(13-11-24)20(21-4)22-9-8-18-14-26-17(3)23-18;/h5-7,14H,8-13H2,1-4H3,(H,21,22);1H. The van der Waals surface area contributed by atoms with Crippen molar-refractivity contribution in [3.05, 3.63) is 45.4 Å². The van der Waals surface area contributed by atoms with Crippen LogP contribution >= 0.6 is 35.3 Å². The predicted octanol–water partition coefficient (Wildman–Crippen LogP) is 3.63. The van der Waals surface area contributed by atoms with Gasteiger partial charge in [-0.2, -0.15) is 0 Å². The molecule has 0 radical (unpaired) electrons. The van der Waals surface area contributed by atoms with Crippen molar-refractivity contribution in [3.8, 4) is 0 Å². The van der Waals surface area contributed by atoms with Gasteiger partial charge in [0, 0.05) is 57.3 Å². The highest BCUT2D eigenvalue weighted by molar-refractivity contribution is 14.0. The van der Waals surface area contributed by atoms with Crippen LogP contribution in [0.15, 0.2) is 28.6 Å². The summed E-state index contributed by atoms with van der Waals surface area (Å²) in [4.78, 5) is 13.8. The van der Waals surface area contributed by atoms with Crippen LogP contribution in [-0.2, 0) is 6.42 Å². The quantitative estimate of drug-likeness (QED) is 0.397. The molecule has 27 heavy (non-hydrogen) atoms. The summed E-state index contributed by atoms with van der Waals surface area (Å²) in [6, 6.07) is 6.58. The molecule has 148 valence electrons. The van der Waals surface area contributed by atoms with Crippen LogP contribution < -0.4 is 10.2 Å². The van der Waals surface area contributed by atoms with E-state index in [1.807, 2.05) is 7.05 Å². The number of rotatable bonds is 4. The number of hydrogen-bond donors (Lipinski definition) is 1. The van der Waals surface area contributed by atoms with Gasteiger partial charge in [0.05, 0.1) is 10.7 Å². The van der Waals surface area contributed by atoms with E-state index in [0.717, 1.165) is 55.8 Å². The van der Waals surface area contributed by atoms with Crippen molar-refractivity contribution < 1.29 is 0 Å². The van der Waals surface area contributed by atoms with Crippen molar-refractivity contribution in [2.45, 2.75) is 27.2 Å². The van der Waals surface area contributed by atoms with Gasteiger partial charge in [-0.25, -0.2) is 4.98 Å². The molecule has 1 aromatic heterocycles. The molecule has 1 saturated heterocycles. The van der Waals surface area contributed by atoms with Gasteiger partial charge in [-0.05, 0) is 38.0 Å². The number of aromatic nitrogens is 1. The van der Waals surface area contributed by atoms with E-state index in [9.17, 15) is 0 Å². The average Bonchev–Trinajstić information content (AvgIpc) is 3.07. The van der Waals surface area contributed by atoms with Crippen LogP contribution in [0.5, 0.6) is 0 Å². The van der Waals surface area contributed by atoms with E-state index in [4.69, 9.17) is 0 Å². The number of hydrogen-bond acceptors (Lipinski definition) is 4. The first-order chi connectivity index (χ1) is 12.6. The maximum absolute atomic E-state index is 4.52. The molecule has 1 aliphatic heterocycles. The minimum atomic E-state index is 0. The highest BCUT2D eigenvalue weighted by Gasteiger charge is 2.20. The van der Waals surface area contributed by atoms with Crippen LogP contribution in [-0.4, -0.2) is 55.6 Å². The highest BCUT2D eigenvalue weighted by atomic mass is 127. The molecule has 7 heteroatoms. The van der Waals surface area contributed by atoms with Crippen molar-refractivity contribution in [1.82, 2.24) is 15.2 Å². The number of nitrogens with one attached hydrogen (secondary N) is 1. The Bertz CT molecular complexity index is 765. The number of piperazine rings is 1. The summed E-state index contributed by atoms with van der Waals surface area (Å²) in [7, 11) is 1.87. The number of thiazole rings is 1. The van der Waals surface area contributed by atoms with E-state index in [1.165, 1.54) is 16.8 Å². The first kappa shape index (κ1) is 21.9. The fourth-order valence-corrected chi connectivity index (χ4v) is 4.04. The second-order valence-electron chi connectivity index (χ2n) is 6.77. The maximum atomic E-state index is 4.52. The molecule has 0 atom stereocenters. The first-order valence-electron chi connectivity index (χ1n) is 9.26. The molecule has 0 unspecified atom stereocenters. The van der Waals surface area contributed by atoms with Gasteiger partial charge in [0.1, 0.15) is 0 Å². The molecule has 0 saturated carbocycles. The van der Waals surface area contributed by atoms with Gasteiger partial charge in [-0.3, -0.25) is 4.99 Å². The Morgan fingerprint density at radius 3 is 2.56 bits per heavy atom. The third kappa shape index (κ3) is 5.57. The second kappa shape index (κ2) is 10.3. The molecule has 5 nitrogen and oxygen atoms in total. The zero-order valence-electron chi connectivity index (χ0n) is 16.7. The number of anilines is 1. The largest absolute Gasteiger partial charge is 0.368 e. The molecule has 1 N–H and O–H groups in total. The Labute approximate surface area is 183 Å². The summed E-state index contributed by atoms with van der Waals surface area (Å²) in [6.45, 7) is 11.4. The zero-order valence-corrected chi connectivity index (χ0v) is 19.8. The van der Waals surface area contributed by atoms with Crippen LogP contribution in [0.25, 0.3) is 0 Å². The van der Waals surface area contributed by atoms with Gasteiger partial charge in [0.2, 0.25) is 0 Å². The molecule has 1 aromatic carbocycles. The smallest absolute Gasteiger partial charge is 0.193 e. The van der Waals surface area contributed by atoms with Crippen molar-refractivity contribution in [1.29, 1.82) is 0 Å². The van der Waals surface area contributed by atoms with E-state index in [1.54, 1.807) is 11.3 Å². The van der Waals surface area contributed by atoms with Crippen molar-refractivity contribution >= 4 is 47.0 Å². The van der Waals surface area contributed by atoms with Crippen LogP contribution in [0.3, 0.4) is 0 Å². The summed E-state index contributed by atoms with van der Waals surface area (Å²) < 4.78 is 0. The first-order valence-corrected chi connectivity index (χ1v) is 10.1. The van der Waals surface area contributed by atoms with E-state index in [2.05, 4.69) is 69.4 Å². The van der Waals surface area contributed by atoms with Gasteiger partial charge >= 0.3 is 0 Å². The summed E-state index contributed by atoms with van der Waals surface area (Å²) in [6.07, 6.45) is 0.936. The molecule has 3 rings (SSSR count). The summed E-state index contributed by atoms with van der Waals surface area (Å²) in [5.41, 5.74) is 5.28. The lowest BCUT2D eigenvalue weighted by molar-refractivity contribution is 0.372. The number of halogens is 1. The third-order valence-corrected chi connectivity index (χ3v) is 5.86. The molecule has 0 spiro atoms. The lowest BCUT2D eigenvalue weighted by atomic mass is 10.1. The topological polar surface area (TPSA) is 43.8 Å². The van der Waals surface area contributed by atoms with Gasteiger partial charge in [-0.15, -0.1) is 35.3 Å². The van der Waals surface area contributed by atoms with E-state index in [-0.39, 0.29) is 24.0 Å². The molecule has 1 fully saturated rings. The Kier molecular flexibility index (Phi) is 8.34. The normalized spacial score (nSPS) is 14.9. The van der Waals surface area contributed by atoms with Crippen molar-refractivity contribution in [2.24, 2.45) is 4.99 Å². The SMILES string of the molecule is CN=C(NCCc1csc(C)n1)N1CCN(c2cccc(C)c2C)CC1.I. The Morgan fingerprint density at radius 2 is 1.93 bits per heavy atom. The van der Waals surface area contributed by atoms with Crippen LogP contribution in [0.2, 0.25) is 0 Å². The minimum Gasteiger partial charge on any atom is -0.368 e. The Balaban J connectivity index is 0.00000261. The second-order valence-corrected chi connectivity index (χ2v) is 7.84. The molecule has 2 heterocycles. The molecular formula is C20H30IN5S. The van der Waals surface area contributed by atoms with Crippen LogP contribution in [0.4, 0.5) is 5.69 Å². The number of guanidine groups is 1. The Morgan fingerprint density at radius 1 is 1.19 bits per heavy atom. The van der Waals surface area contributed by atoms with Crippen LogP contribution in [0, 0.1) is 20.8 Å². The van der Waals surface area contributed by atoms with Gasteiger partial charge in [-0.1, -0.05) is 12.1 Å². The molecule has 0 bridgehead atoms. The van der Waals surface area contributed by atoms with Crippen LogP contribution in [0.1, 0.15) is 21.8 Å². The number of benzene rings is 1. The lowest BCUT2D eigenvalue weighted by Crippen LogP contribution is -2.53. The summed E-state index contributed by atoms with van der Waals surface area (Å²) >= 11 is 1.71. The van der Waals surface area contributed by atoms with Gasteiger partial charge in [0.25, 0.3) is 0 Å². The number of aryl methyl sites for hydroxylation is 2. The van der Waals surface area contributed by atoms with Crippen molar-refractivity contribution in [3.63, 3.8) is 0 Å². The van der Waals surface area contributed by atoms with Crippen molar-refractivity contribution in [2.75, 3.05) is 44.7 Å². The fraction of sp³-hybridized carbons (Fsp3) is 0.500. The lowest BCUT2D eigenvalue weighted by Gasteiger charge is -2.38. The maximum Gasteiger partial charge on any atom is 0.193 e. The Hall–Kier alpha value is -1.35. The monoisotopic (exact) mass is 499 g/mol. The third-order valence-electron chi connectivity index (χ3n) is 5.04. The summed E-state index contributed by atoms with van der Waals surface area (Å²) in [5.74, 6) is 0.998. The molecule has 0 amide bonds. The molecule has 1 aliphatic rings. The number of aliphatic imine (C=N–C) groups is 1. The van der Waals surface area contributed by atoms with Gasteiger partial charge in [0.15, 0.2) is 5.96 Å². The fourth-order valence-electron chi connectivity index (χ4n) is 3.40. The van der Waals surface area contributed by atoms with E-state index >= 15 is 0 Å². The number of nitrogens with zero attached hydrogens (tertiary/aromatic N) is 4. The van der Waals surface area contributed by atoms with E-state index in [0.29, 0.717) is 0 Å². The zero-order chi connectivity index (χ0) is 18.5. The average molecular weight is 499 g/mol. The summed E-state index contributed by atoms with van der Waals surface area (Å²) in [5, 5.41) is 6.77. The molecule has 2 aromatic rings. The molecular weight excluding hydrogens is 469 g/mol. The highest BCUT2D eigenvalue weighted by Crippen LogP contribution is 2.23. The molecule has 0 aliphatic carbocycles. The predicted molar refractivity (Wildman–Crippen MR) is 127 cm³/mol. The van der Waals surface area contributed by atoms with E-state index < -0.39 is 0 Å². The van der Waals surface area contributed by atoms with Gasteiger partial charge < -0.3 is 15.1 Å².